The fraction of sp³-hybridized carbons (Fsp3) is 0. The molecule has 1 heterocycles. The number of hydrogen-bond acceptors (Lipinski definition) is 2. The van der Waals surface area contributed by atoms with Crippen LogP contribution in [0.15, 0.2) is 22.0 Å². The summed E-state index contributed by atoms with van der Waals surface area (Å²) in [5.74, 6) is 0.113. The lowest BCUT2D eigenvalue weighted by Gasteiger charge is -2.00. The van der Waals surface area contributed by atoms with Gasteiger partial charge in [-0.2, -0.15) is 0 Å². The molecule has 0 bridgehead atoms. The summed E-state index contributed by atoms with van der Waals surface area (Å²) in [6, 6.07) is 3.71. The number of phenolic OH excluding ortho intramolecular Hbond substituents is 1. The summed E-state index contributed by atoms with van der Waals surface area (Å²) in [4.78, 5) is 0. The van der Waals surface area contributed by atoms with Crippen LogP contribution in [-0.2, 0) is 0 Å². The third-order valence-electron chi connectivity index (χ3n) is 1.62. The van der Waals surface area contributed by atoms with Crippen molar-refractivity contribution in [1.29, 1.82) is 0 Å². The fourth-order valence-electron chi connectivity index (χ4n) is 1.03. The van der Waals surface area contributed by atoms with E-state index in [1.807, 2.05) is 11.4 Å². The van der Waals surface area contributed by atoms with Crippen molar-refractivity contribution in [2.45, 2.75) is 0 Å². The van der Waals surface area contributed by atoms with E-state index in [1.54, 1.807) is 17.4 Å². The Morgan fingerprint density at radius 2 is 2.25 bits per heavy atom. The van der Waals surface area contributed by atoms with Crippen molar-refractivity contribution in [3.63, 3.8) is 0 Å². The second kappa shape index (κ2) is 2.91. The highest BCUT2D eigenvalue weighted by Gasteiger charge is 2.08. The molecule has 4 heteroatoms. The highest BCUT2D eigenvalue weighted by molar-refractivity contribution is 9.10. The van der Waals surface area contributed by atoms with E-state index in [4.69, 9.17) is 11.6 Å². The van der Waals surface area contributed by atoms with Gasteiger partial charge in [-0.3, -0.25) is 0 Å². The van der Waals surface area contributed by atoms with Crippen LogP contribution < -0.4 is 0 Å². The van der Waals surface area contributed by atoms with Crippen molar-refractivity contribution in [2.24, 2.45) is 0 Å². The lowest BCUT2D eigenvalue weighted by molar-refractivity contribution is 0.473. The molecule has 1 nitrogen and oxygen atoms in total. The molecular weight excluding hydrogens is 260 g/mol. The Hall–Kier alpha value is -0.250. The number of phenols is 1. The number of halogens is 2. The van der Waals surface area contributed by atoms with E-state index in [-0.39, 0.29) is 5.75 Å². The zero-order valence-electron chi connectivity index (χ0n) is 5.84. The molecular formula is C8H4BrClOS. The van der Waals surface area contributed by atoms with Crippen molar-refractivity contribution in [2.75, 3.05) is 0 Å². The first-order valence-corrected chi connectivity index (χ1v) is 5.29. The van der Waals surface area contributed by atoms with Crippen molar-refractivity contribution < 1.29 is 5.11 Å². The van der Waals surface area contributed by atoms with Gasteiger partial charge in [-0.25, -0.2) is 0 Å². The van der Waals surface area contributed by atoms with Crippen molar-refractivity contribution >= 4 is 49.0 Å². The molecule has 0 aliphatic heterocycles. The van der Waals surface area contributed by atoms with Crippen LogP contribution >= 0.6 is 38.9 Å². The van der Waals surface area contributed by atoms with Crippen LogP contribution in [-0.4, -0.2) is 5.11 Å². The summed E-state index contributed by atoms with van der Waals surface area (Å²) >= 11 is 10.7. The Morgan fingerprint density at radius 3 is 3.00 bits per heavy atom. The molecule has 0 aliphatic rings. The van der Waals surface area contributed by atoms with Gasteiger partial charge in [0, 0.05) is 10.1 Å². The number of thiophene rings is 1. The third-order valence-corrected chi connectivity index (χ3v) is 3.58. The maximum absolute atomic E-state index is 9.45. The highest BCUT2D eigenvalue weighted by atomic mass is 79.9. The molecule has 0 aliphatic carbocycles. The topological polar surface area (TPSA) is 20.2 Å². The molecule has 0 spiro atoms. The number of rotatable bonds is 0. The Morgan fingerprint density at radius 1 is 1.50 bits per heavy atom. The van der Waals surface area contributed by atoms with Gasteiger partial charge in [0.25, 0.3) is 0 Å². The van der Waals surface area contributed by atoms with E-state index in [0.29, 0.717) is 9.50 Å². The number of fused-ring (bicyclic) bond motifs is 1. The van der Waals surface area contributed by atoms with Gasteiger partial charge >= 0.3 is 0 Å². The minimum Gasteiger partial charge on any atom is -0.505 e. The molecule has 12 heavy (non-hydrogen) atoms. The second-order valence-electron chi connectivity index (χ2n) is 2.35. The smallest absolute Gasteiger partial charge is 0.149 e. The molecule has 0 radical (unpaired) electrons. The molecule has 1 aromatic heterocycles. The largest absolute Gasteiger partial charge is 0.505 e. The fourth-order valence-corrected chi connectivity index (χ4v) is 2.94. The Labute approximate surface area is 86.7 Å². The molecule has 62 valence electrons. The zero-order valence-corrected chi connectivity index (χ0v) is 9.00. The van der Waals surface area contributed by atoms with E-state index in [2.05, 4.69) is 15.9 Å². The number of aromatic hydroxyl groups is 1. The van der Waals surface area contributed by atoms with Crippen LogP contribution in [0.3, 0.4) is 0 Å². The first-order chi connectivity index (χ1) is 5.70. The Balaban J connectivity index is 2.94. The summed E-state index contributed by atoms with van der Waals surface area (Å²) in [6.45, 7) is 0. The highest BCUT2D eigenvalue weighted by Crippen LogP contribution is 2.40. The van der Waals surface area contributed by atoms with Gasteiger partial charge in [0.15, 0.2) is 0 Å². The maximum Gasteiger partial charge on any atom is 0.149 e. The van der Waals surface area contributed by atoms with Gasteiger partial charge in [-0.1, -0.05) is 11.6 Å². The molecule has 2 rings (SSSR count). The van der Waals surface area contributed by atoms with Gasteiger partial charge < -0.3 is 5.11 Å². The molecule has 0 amide bonds. The first-order valence-electron chi connectivity index (χ1n) is 3.24. The molecule has 0 fully saturated rings. The van der Waals surface area contributed by atoms with Crippen molar-refractivity contribution in [3.05, 3.63) is 27.0 Å². The standard InChI is InChI=1S/C8H4BrClOS/c9-7-4-1-2-12-6(4)3-5(10)8(7)11/h1-3,11H. The summed E-state index contributed by atoms with van der Waals surface area (Å²) in [5.41, 5.74) is 0. The molecule has 0 atom stereocenters. The lowest BCUT2D eigenvalue weighted by Crippen LogP contribution is -1.72. The molecule has 0 saturated carbocycles. The van der Waals surface area contributed by atoms with Crippen molar-refractivity contribution in [1.82, 2.24) is 0 Å². The monoisotopic (exact) mass is 262 g/mol. The molecule has 0 unspecified atom stereocenters. The van der Waals surface area contributed by atoms with Crippen LogP contribution in [0, 0.1) is 0 Å². The average Bonchev–Trinajstić information content (AvgIpc) is 2.48. The predicted molar refractivity (Wildman–Crippen MR) is 56.2 cm³/mol. The SMILES string of the molecule is Oc1c(Cl)cc2sccc2c1Br. The Kier molecular flexibility index (Phi) is 2.02. The van der Waals surface area contributed by atoms with Crippen LogP contribution in [0.25, 0.3) is 10.1 Å². The van der Waals surface area contributed by atoms with Crippen molar-refractivity contribution in [3.8, 4) is 5.75 Å². The van der Waals surface area contributed by atoms with Gasteiger partial charge in [0.05, 0.1) is 9.50 Å². The van der Waals surface area contributed by atoms with Gasteiger partial charge in [-0.05, 0) is 33.4 Å². The summed E-state index contributed by atoms with van der Waals surface area (Å²) in [7, 11) is 0. The quantitative estimate of drug-likeness (QED) is 0.761. The van der Waals surface area contributed by atoms with Crippen LogP contribution in [0.1, 0.15) is 0 Å². The minimum absolute atomic E-state index is 0.113. The van der Waals surface area contributed by atoms with E-state index >= 15 is 0 Å². The number of hydrogen-bond donors (Lipinski definition) is 1. The van der Waals surface area contributed by atoms with Gasteiger partial charge in [-0.15, -0.1) is 11.3 Å². The van der Waals surface area contributed by atoms with Gasteiger partial charge in [0.1, 0.15) is 5.75 Å². The van der Waals surface area contributed by atoms with Crippen LogP contribution in [0.5, 0.6) is 5.75 Å². The number of benzene rings is 1. The lowest BCUT2D eigenvalue weighted by atomic mass is 10.2. The molecule has 2 aromatic rings. The van der Waals surface area contributed by atoms with E-state index in [0.717, 1.165) is 10.1 Å². The summed E-state index contributed by atoms with van der Waals surface area (Å²) in [6.07, 6.45) is 0. The second-order valence-corrected chi connectivity index (χ2v) is 4.50. The van der Waals surface area contributed by atoms with E-state index < -0.39 is 0 Å². The third kappa shape index (κ3) is 1.13. The van der Waals surface area contributed by atoms with E-state index in [1.165, 1.54) is 0 Å². The van der Waals surface area contributed by atoms with Crippen LogP contribution in [0.4, 0.5) is 0 Å². The summed E-state index contributed by atoms with van der Waals surface area (Å²) in [5, 5.41) is 12.8. The zero-order chi connectivity index (χ0) is 8.72. The predicted octanol–water partition coefficient (Wildman–Crippen LogP) is 4.02. The van der Waals surface area contributed by atoms with Crippen LogP contribution in [0.2, 0.25) is 5.02 Å². The molecule has 1 aromatic carbocycles. The summed E-state index contributed by atoms with van der Waals surface area (Å²) < 4.78 is 1.75. The average molecular weight is 264 g/mol. The van der Waals surface area contributed by atoms with Gasteiger partial charge in [0.2, 0.25) is 0 Å². The first kappa shape index (κ1) is 8.35. The maximum atomic E-state index is 9.45. The normalized spacial score (nSPS) is 10.8. The van der Waals surface area contributed by atoms with E-state index in [9.17, 15) is 5.11 Å². The minimum atomic E-state index is 0.113. The molecule has 0 saturated heterocycles. The Bertz CT molecular complexity index is 438. The molecule has 1 N–H and O–H groups in total.